The molecule has 6 heteroatoms. The summed E-state index contributed by atoms with van der Waals surface area (Å²) in [4.78, 5) is 15.6. The molecular formula is C13H16F2N2O2. The number of aliphatic hydroxyl groups is 1. The van der Waals surface area contributed by atoms with Gasteiger partial charge in [0.1, 0.15) is 11.6 Å². The van der Waals surface area contributed by atoms with E-state index in [0.717, 1.165) is 12.1 Å². The lowest BCUT2D eigenvalue weighted by Crippen LogP contribution is -2.48. The highest BCUT2D eigenvalue weighted by Crippen LogP contribution is 2.20. The van der Waals surface area contributed by atoms with Gasteiger partial charge in [0.2, 0.25) is 0 Å². The van der Waals surface area contributed by atoms with Crippen LogP contribution < -0.4 is 0 Å². The number of piperazine rings is 1. The van der Waals surface area contributed by atoms with Crippen molar-refractivity contribution < 1.29 is 18.7 Å². The second-order valence-electron chi connectivity index (χ2n) is 4.70. The van der Waals surface area contributed by atoms with Crippen LogP contribution in [0.25, 0.3) is 0 Å². The van der Waals surface area contributed by atoms with Gasteiger partial charge in [0.25, 0.3) is 5.91 Å². The quantitative estimate of drug-likeness (QED) is 0.863. The smallest absolute Gasteiger partial charge is 0.256 e. The number of aliphatic hydroxyl groups excluding tert-OH is 1. The molecule has 0 spiro atoms. The summed E-state index contributed by atoms with van der Waals surface area (Å²) in [5.41, 5.74) is -0.190. The molecule has 1 atom stereocenters. The van der Waals surface area contributed by atoms with Crippen LogP contribution in [0.3, 0.4) is 0 Å². The second-order valence-corrected chi connectivity index (χ2v) is 4.70. The topological polar surface area (TPSA) is 43.8 Å². The van der Waals surface area contributed by atoms with Crippen molar-refractivity contribution in [3.05, 3.63) is 35.4 Å². The summed E-state index contributed by atoms with van der Waals surface area (Å²) < 4.78 is 26.3. The SMILES string of the molecule is CN1CCN(C(=O)C(O)c2ccc(F)cc2F)CC1. The van der Waals surface area contributed by atoms with Gasteiger partial charge in [-0.25, -0.2) is 8.78 Å². The Bertz CT molecular complexity index is 474. The zero-order valence-corrected chi connectivity index (χ0v) is 10.6. The summed E-state index contributed by atoms with van der Waals surface area (Å²) in [5.74, 6) is -2.19. The maximum atomic E-state index is 13.5. The van der Waals surface area contributed by atoms with E-state index >= 15 is 0 Å². The summed E-state index contributed by atoms with van der Waals surface area (Å²) in [6, 6.07) is 2.79. The van der Waals surface area contributed by atoms with Gasteiger partial charge in [-0.1, -0.05) is 6.07 Å². The highest BCUT2D eigenvalue weighted by molar-refractivity contribution is 5.82. The Morgan fingerprint density at radius 2 is 1.89 bits per heavy atom. The molecule has 1 N–H and O–H groups in total. The average Bonchev–Trinajstić information content (AvgIpc) is 2.38. The Kier molecular flexibility index (Phi) is 4.11. The van der Waals surface area contributed by atoms with Crippen LogP contribution in [0.5, 0.6) is 0 Å². The molecule has 1 aromatic rings. The van der Waals surface area contributed by atoms with Gasteiger partial charge in [0.05, 0.1) is 0 Å². The molecule has 0 radical (unpaired) electrons. The molecule has 1 amide bonds. The van der Waals surface area contributed by atoms with E-state index in [1.165, 1.54) is 4.90 Å². The van der Waals surface area contributed by atoms with Crippen LogP contribution in [0.15, 0.2) is 18.2 Å². The molecule has 2 rings (SSSR count). The highest BCUT2D eigenvalue weighted by atomic mass is 19.1. The van der Waals surface area contributed by atoms with Crippen molar-refractivity contribution in [1.82, 2.24) is 9.80 Å². The van der Waals surface area contributed by atoms with Crippen LogP contribution >= 0.6 is 0 Å². The molecule has 1 saturated heterocycles. The number of nitrogens with zero attached hydrogens (tertiary/aromatic N) is 2. The Balaban J connectivity index is 2.10. The first kappa shape index (κ1) is 13.9. The van der Waals surface area contributed by atoms with E-state index in [0.29, 0.717) is 32.2 Å². The van der Waals surface area contributed by atoms with Crippen molar-refractivity contribution in [1.29, 1.82) is 0 Å². The first-order valence-electron chi connectivity index (χ1n) is 6.09. The molecular weight excluding hydrogens is 254 g/mol. The highest BCUT2D eigenvalue weighted by Gasteiger charge is 2.28. The molecule has 1 heterocycles. The number of rotatable bonds is 2. The first-order chi connectivity index (χ1) is 8.99. The number of hydrogen-bond donors (Lipinski definition) is 1. The van der Waals surface area contributed by atoms with Gasteiger partial charge in [-0.05, 0) is 13.1 Å². The zero-order valence-electron chi connectivity index (χ0n) is 10.6. The van der Waals surface area contributed by atoms with Crippen molar-refractivity contribution in [2.75, 3.05) is 33.2 Å². The van der Waals surface area contributed by atoms with Gasteiger partial charge >= 0.3 is 0 Å². The van der Waals surface area contributed by atoms with Crippen LogP contribution in [0.2, 0.25) is 0 Å². The fourth-order valence-corrected chi connectivity index (χ4v) is 2.06. The van der Waals surface area contributed by atoms with Gasteiger partial charge in [-0.3, -0.25) is 4.79 Å². The normalized spacial score (nSPS) is 18.4. The van der Waals surface area contributed by atoms with Gasteiger partial charge in [-0.2, -0.15) is 0 Å². The minimum absolute atomic E-state index is 0.190. The summed E-state index contributed by atoms with van der Waals surface area (Å²) in [5, 5.41) is 9.91. The molecule has 0 bridgehead atoms. The molecule has 1 aliphatic rings. The molecule has 1 aromatic carbocycles. The lowest BCUT2D eigenvalue weighted by molar-refractivity contribution is -0.142. The molecule has 1 aliphatic heterocycles. The van der Waals surface area contributed by atoms with E-state index in [9.17, 15) is 18.7 Å². The van der Waals surface area contributed by atoms with E-state index in [4.69, 9.17) is 0 Å². The lowest BCUT2D eigenvalue weighted by Gasteiger charge is -2.33. The van der Waals surface area contributed by atoms with Gasteiger partial charge in [0, 0.05) is 37.8 Å². The zero-order chi connectivity index (χ0) is 14.0. The molecule has 1 fully saturated rings. The average molecular weight is 270 g/mol. The Labute approximate surface area is 110 Å². The van der Waals surface area contributed by atoms with Crippen molar-refractivity contribution in [3.8, 4) is 0 Å². The number of likely N-dealkylation sites (N-methyl/N-ethyl adjacent to an activating group) is 1. The number of benzene rings is 1. The summed E-state index contributed by atoms with van der Waals surface area (Å²) in [6.45, 7) is 2.42. The number of amides is 1. The van der Waals surface area contributed by atoms with Gasteiger partial charge in [0.15, 0.2) is 6.10 Å². The predicted molar refractivity (Wildman–Crippen MR) is 65.4 cm³/mol. The van der Waals surface area contributed by atoms with Crippen molar-refractivity contribution in [2.24, 2.45) is 0 Å². The van der Waals surface area contributed by atoms with Crippen LogP contribution in [0.4, 0.5) is 8.78 Å². The third-order valence-electron chi connectivity index (χ3n) is 3.31. The summed E-state index contributed by atoms with van der Waals surface area (Å²) in [6.07, 6.45) is -1.58. The van der Waals surface area contributed by atoms with Crippen LogP contribution in [0.1, 0.15) is 11.7 Å². The fraction of sp³-hybridized carbons (Fsp3) is 0.462. The third kappa shape index (κ3) is 3.08. The molecule has 0 aliphatic carbocycles. The molecule has 1 unspecified atom stereocenters. The number of carbonyl (C=O) groups is 1. The lowest BCUT2D eigenvalue weighted by atomic mass is 10.1. The maximum absolute atomic E-state index is 13.5. The van der Waals surface area contributed by atoms with Crippen LogP contribution in [-0.4, -0.2) is 54.0 Å². The second kappa shape index (κ2) is 5.63. The van der Waals surface area contributed by atoms with Gasteiger partial charge in [-0.15, -0.1) is 0 Å². The van der Waals surface area contributed by atoms with E-state index in [1.54, 1.807) is 0 Å². The van der Waals surface area contributed by atoms with E-state index in [-0.39, 0.29) is 5.56 Å². The van der Waals surface area contributed by atoms with Crippen LogP contribution in [0, 0.1) is 11.6 Å². The number of hydrogen-bond acceptors (Lipinski definition) is 3. The van der Waals surface area contributed by atoms with Crippen molar-refractivity contribution >= 4 is 5.91 Å². The summed E-state index contributed by atoms with van der Waals surface area (Å²) >= 11 is 0. The number of halogens is 2. The molecule has 0 aromatic heterocycles. The third-order valence-corrected chi connectivity index (χ3v) is 3.31. The van der Waals surface area contributed by atoms with Crippen molar-refractivity contribution in [3.63, 3.8) is 0 Å². The van der Waals surface area contributed by atoms with E-state index in [1.807, 2.05) is 7.05 Å². The fourth-order valence-electron chi connectivity index (χ4n) is 2.06. The largest absolute Gasteiger partial charge is 0.378 e. The molecule has 4 nitrogen and oxygen atoms in total. The molecule has 104 valence electrons. The monoisotopic (exact) mass is 270 g/mol. The first-order valence-corrected chi connectivity index (χ1v) is 6.09. The molecule has 19 heavy (non-hydrogen) atoms. The minimum Gasteiger partial charge on any atom is -0.378 e. The maximum Gasteiger partial charge on any atom is 0.256 e. The number of carbonyl (C=O) groups excluding carboxylic acids is 1. The van der Waals surface area contributed by atoms with E-state index < -0.39 is 23.6 Å². The Morgan fingerprint density at radius 1 is 1.26 bits per heavy atom. The minimum atomic E-state index is -1.58. The summed E-state index contributed by atoms with van der Waals surface area (Å²) in [7, 11) is 1.94. The van der Waals surface area contributed by atoms with Crippen LogP contribution in [-0.2, 0) is 4.79 Å². The molecule has 0 saturated carbocycles. The standard InChI is InChI=1S/C13H16F2N2O2/c1-16-4-6-17(7-5-16)13(19)12(18)10-3-2-9(14)8-11(10)15/h2-3,8,12,18H,4-7H2,1H3. The van der Waals surface area contributed by atoms with Gasteiger partial charge < -0.3 is 14.9 Å². The van der Waals surface area contributed by atoms with Crippen molar-refractivity contribution in [2.45, 2.75) is 6.10 Å². The Hall–Kier alpha value is -1.53. The predicted octanol–water partition coefficient (Wildman–Crippen LogP) is 0.772. The van der Waals surface area contributed by atoms with E-state index in [2.05, 4.69) is 4.90 Å². The Morgan fingerprint density at radius 3 is 2.47 bits per heavy atom.